The number of carbonyl (C=O) groups excluding carboxylic acids is 2. The number of carbonyl (C=O) groups is 2. The SMILES string of the molecule is CNC(=O)[C@@H](Cc1ccccc1)N(Cc1ccc(C)cc1)C(=O)CN(c1ccc(C)cc1)S(C)(=O)=O. The van der Waals surface area contributed by atoms with Crippen molar-refractivity contribution in [3.63, 3.8) is 0 Å². The Balaban J connectivity index is 2.00. The second kappa shape index (κ2) is 11.9. The molecule has 8 heteroatoms. The quantitative estimate of drug-likeness (QED) is 0.455. The predicted molar refractivity (Wildman–Crippen MR) is 143 cm³/mol. The zero-order valence-electron chi connectivity index (χ0n) is 21.1. The van der Waals surface area contributed by atoms with E-state index in [1.807, 2.05) is 68.4 Å². The number of amides is 2. The van der Waals surface area contributed by atoms with Crippen molar-refractivity contribution in [3.8, 4) is 0 Å². The second-order valence-corrected chi connectivity index (χ2v) is 10.8. The number of nitrogens with zero attached hydrogens (tertiary/aromatic N) is 2. The van der Waals surface area contributed by atoms with Crippen LogP contribution in [0.15, 0.2) is 78.9 Å². The van der Waals surface area contributed by atoms with E-state index in [0.717, 1.165) is 32.8 Å². The van der Waals surface area contributed by atoms with E-state index in [0.29, 0.717) is 12.1 Å². The van der Waals surface area contributed by atoms with Crippen molar-refractivity contribution in [1.29, 1.82) is 0 Å². The molecule has 1 atom stereocenters. The predicted octanol–water partition coefficient (Wildman–Crippen LogP) is 3.46. The fourth-order valence-corrected chi connectivity index (χ4v) is 4.79. The lowest BCUT2D eigenvalue weighted by Gasteiger charge is -2.33. The van der Waals surface area contributed by atoms with Gasteiger partial charge in [-0.1, -0.05) is 77.9 Å². The monoisotopic (exact) mass is 507 g/mol. The number of anilines is 1. The minimum atomic E-state index is -3.76. The number of rotatable bonds is 10. The lowest BCUT2D eigenvalue weighted by molar-refractivity contribution is -0.139. The highest BCUT2D eigenvalue weighted by molar-refractivity contribution is 7.92. The van der Waals surface area contributed by atoms with Crippen LogP contribution in [0.2, 0.25) is 0 Å². The summed E-state index contributed by atoms with van der Waals surface area (Å²) in [5.41, 5.74) is 4.18. The van der Waals surface area contributed by atoms with Crippen LogP contribution in [0.25, 0.3) is 0 Å². The van der Waals surface area contributed by atoms with Crippen LogP contribution in [0.3, 0.4) is 0 Å². The normalized spacial score (nSPS) is 12.0. The number of sulfonamides is 1. The summed E-state index contributed by atoms with van der Waals surface area (Å²) in [5, 5.41) is 2.67. The van der Waals surface area contributed by atoms with Gasteiger partial charge in [-0.05, 0) is 37.1 Å². The zero-order valence-corrected chi connectivity index (χ0v) is 22.0. The average Bonchev–Trinajstić information content (AvgIpc) is 2.86. The van der Waals surface area contributed by atoms with Gasteiger partial charge in [-0.2, -0.15) is 0 Å². The molecule has 36 heavy (non-hydrogen) atoms. The van der Waals surface area contributed by atoms with E-state index in [4.69, 9.17) is 0 Å². The summed E-state index contributed by atoms with van der Waals surface area (Å²) in [6.07, 6.45) is 1.37. The first-order chi connectivity index (χ1) is 17.1. The molecule has 0 aliphatic carbocycles. The molecule has 0 fully saturated rings. The zero-order chi connectivity index (χ0) is 26.3. The molecular weight excluding hydrogens is 474 g/mol. The highest BCUT2D eigenvalue weighted by atomic mass is 32.2. The third-order valence-electron chi connectivity index (χ3n) is 5.99. The van der Waals surface area contributed by atoms with Crippen molar-refractivity contribution < 1.29 is 18.0 Å². The van der Waals surface area contributed by atoms with E-state index in [2.05, 4.69) is 5.32 Å². The lowest BCUT2D eigenvalue weighted by Crippen LogP contribution is -2.52. The maximum absolute atomic E-state index is 13.8. The number of hydrogen-bond acceptors (Lipinski definition) is 4. The summed E-state index contributed by atoms with van der Waals surface area (Å²) in [4.78, 5) is 28.3. The Kier molecular flexibility index (Phi) is 8.88. The summed E-state index contributed by atoms with van der Waals surface area (Å²) in [7, 11) is -2.23. The highest BCUT2D eigenvalue weighted by Crippen LogP contribution is 2.21. The summed E-state index contributed by atoms with van der Waals surface area (Å²) in [6, 6.07) is 23.3. The topological polar surface area (TPSA) is 86.8 Å². The Bertz CT molecular complexity index is 1270. The van der Waals surface area contributed by atoms with Crippen LogP contribution in [0.5, 0.6) is 0 Å². The van der Waals surface area contributed by atoms with Crippen LogP contribution >= 0.6 is 0 Å². The van der Waals surface area contributed by atoms with Crippen molar-refractivity contribution in [2.45, 2.75) is 32.9 Å². The standard InChI is InChI=1S/C28H33N3O4S/c1-21-10-14-24(15-11-21)19-30(26(28(33)29-3)18-23-8-6-5-7-9-23)27(32)20-31(36(4,34)35)25-16-12-22(2)13-17-25/h5-17,26H,18-20H2,1-4H3,(H,29,33)/t26-/m1/s1. The molecule has 3 aromatic carbocycles. The van der Waals surface area contributed by atoms with Crippen LogP contribution in [-0.4, -0.2) is 51.0 Å². The largest absolute Gasteiger partial charge is 0.357 e. The third kappa shape index (κ3) is 7.18. The van der Waals surface area contributed by atoms with Gasteiger partial charge in [-0.15, -0.1) is 0 Å². The Labute approximate surface area is 213 Å². The fourth-order valence-electron chi connectivity index (χ4n) is 3.94. The van der Waals surface area contributed by atoms with Crippen LogP contribution in [0.4, 0.5) is 5.69 Å². The van der Waals surface area contributed by atoms with Crippen LogP contribution in [-0.2, 0) is 32.6 Å². The van der Waals surface area contributed by atoms with Gasteiger partial charge in [0.05, 0.1) is 11.9 Å². The van der Waals surface area contributed by atoms with E-state index in [1.165, 1.54) is 11.9 Å². The molecule has 3 aromatic rings. The molecule has 2 amide bonds. The Morgan fingerprint density at radius 3 is 1.92 bits per heavy atom. The molecule has 190 valence electrons. The molecule has 1 N–H and O–H groups in total. The van der Waals surface area contributed by atoms with Crippen LogP contribution in [0.1, 0.15) is 22.3 Å². The first kappa shape index (κ1) is 26.9. The van der Waals surface area contributed by atoms with Crippen molar-refractivity contribution in [2.24, 2.45) is 0 Å². The molecule has 0 unspecified atom stereocenters. The number of likely N-dealkylation sites (N-methyl/N-ethyl adjacent to an activating group) is 1. The van der Waals surface area contributed by atoms with Crippen molar-refractivity contribution in [3.05, 3.63) is 101 Å². The number of aryl methyl sites for hydroxylation is 2. The number of hydrogen-bond donors (Lipinski definition) is 1. The minimum absolute atomic E-state index is 0.162. The minimum Gasteiger partial charge on any atom is -0.357 e. The molecule has 0 saturated carbocycles. The van der Waals surface area contributed by atoms with Crippen LogP contribution < -0.4 is 9.62 Å². The molecule has 0 bridgehead atoms. The molecule has 0 heterocycles. The van der Waals surface area contributed by atoms with Gasteiger partial charge in [0.15, 0.2) is 0 Å². The Morgan fingerprint density at radius 2 is 1.39 bits per heavy atom. The van der Waals surface area contributed by atoms with E-state index in [1.54, 1.807) is 24.3 Å². The van der Waals surface area contributed by atoms with Gasteiger partial charge in [0, 0.05) is 20.0 Å². The molecule has 0 saturated heterocycles. The van der Waals surface area contributed by atoms with E-state index in [-0.39, 0.29) is 12.5 Å². The van der Waals surface area contributed by atoms with Gasteiger partial charge in [-0.25, -0.2) is 8.42 Å². The van der Waals surface area contributed by atoms with Gasteiger partial charge in [0.25, 0.3) is 0 Å². The molecular formula is C28H33N3O4S. The maximum atomic E-state index is 13.8. The second-order valence-electron chi connectivity index (χ2n) is 8.93. The van der Waals surface area contributed by atoms with Crippen molar-refractivity contribution >= 4 is 27.5 Å². The Hall–Kier alpha value is -3.65. The van der Waals surface area contributed by atoms with Gasteiger partial charge < -0.3 is 10.2 Å². The summed E-state index contributed by atoms with van der Waals surface area (Å²) in [5.74, 6) is -0.785. The number of benzene rings is 3. The van der Waals surface area contributed by atoms with Gasteiger partial charge in [-0.3, -0.25) is 13.9 Å². The first-order valence-electron chi connectivity index (χ1n) is 11.7. The van der Waals surface area contributed by atoms with E-state index < -0.39 is 28.5 Å². The smallest absolute Gasteiger partial charge is 0.244 e. The van der Waals surface area contributed by atoms with Crippen molar-refractivity contribution in [2.75, 3.05) is 24.2 Å². The average molecular weight is 508 g/mol. The molecule has 7 nitrogen and oxygen atoms in total. The Morgan fingerprint density at radius 1 is 0.833 bits per heavy atom. The van der Waals surface area contributed by atoms with Gasteiger partial charge in [0.2, 0.25) is 21.8 Å². The van der Waals surface area contributed by atoms with Crippen LogP contribution in [0, 0.1) is 13.8 Å². The molecule has 3 rings (SSSR count). The number of nitrogens with one attached hydrogen (secondary N) is 1. The maximum Gasteiger partial charge on any atom is 0.244 e. The van der Waals surface area contributed by atoms with E-state index >= 15 is 0 Å². The van der Waals surface area contributed by atoms with Gasteiger partial charge >= 0.3 is 0 Å². The summed E-state index contributed by atoms with van der Waals surface area (Å²) >= 11 is 0. The molecule has 0 aliphatic rings. The molecule has 0 aromatic heterocycles. The highest BCUT2D eigenvalue weighted by Gasteiger charge is 2.32. The first-order valence-corrected chi connectivity index (χ1v) is 13.6. The molecule has 0 radical (unpaired) electrons. The van der Waals surface area contributed by atoms with E-state index in [9.17, 15) is 18.0 Å². The summed E-state index contributed by atoms with van der Waals surface area (Å²) < 4.78 is 26.5. The van der Waals surface area contributed by atoms with Gasteiger partial charge in [0.1, 0.15) is 12.6 Å². The fraction of sp³-hybridized carbons (Fsp3) is 0.286. The lowest BCUT2D eigenvalue weighted by atomic mass is 10.0. The molecule has 0 aliphatic heterocycles. The molecule has 0 spiro atoms. The third-order valence-corrected chi connectivity index (χ3v) is 7.13. The van der Waals surface area contributed by atoms with Crippen molar-refractivity contribution in [1.82, 2.24) is 10.2 Å². The summed E-state index contributed by atoms with van der Waals surface area (Å²) in [6.45, 7) is 3.62.